The molecule has 0 N–H and O–H groups in total. The van der Waals surface area contributed by atoms with Crippen molar-refractivity contribution >= 4 is 21.9 Å². The van der Waals surface area contributed by atoms with Crippen molar-refractivity contribution in [2.24, 2.45) is 5.41 Å². The van der Waals surface area contributed by atoms with E-state index < -0.39 is 25.5 Å². The van der Waals surface area contributed by atoms with E-state index >= 15 is 0 Å². The average molecular weight is 428 g/mol. The number of benzene rings is 3. The van der Waals surface area contributed by atoms with Crippen LogP contribution in [0, 0.1) is 19.1 Å². The summed E-state index contributed by atoms with van der Waals surface area (Å²) in [5.74, 6) is 0. The first-order valence-corrected chi connectivity index (χ1v) is 10.6. The zero-order valence-corrected chi connectivity index (χ0v) is 18.3. The molecule has 0 aliphatic carbocycles. The predicted molar refractivity (Wildman–Crippen MR) is 135 cm³/mol. The Morgan fingerprint density at radius 3 is 2.41 bits per heavy atom. The van der Waals surface area contributed by atoms with Crippen LogP contribution in [0.4, 0.5) is 0 Å². The van der Waals surface area contributed by atoms with Gasteiger partial charge < -0.3 is 4.42 Å². The van der Waals surface area contributed by atoms with Crippen molar-refractivity contribution in [3.63, 3.8) is 0 Å². The zero-order chi connectivity index (χ0) is 29.3. The van der Waals surface area contributed by atoms with Gasteiger partial charge in [0.15, 0.2) is 0 Å². The van der Waals surface area contributed by atoms with Gasteiger partial charge in [-0.05, 0) is 59.9 Å². The highest BCUT2D eigenvalue weighted by atomic mass is 16.3. The van der Waals surface area contributed by atoms with E-state index in [0.29, 0.717) is 33.6 Å². The largest absolute Gasteiger partial charge is 0.455 e. The number of nitrogens with zero attached hydrogens (tertiary/aromatic N) is 1. The number of furan rings is 1. The number of hydrogen-bond acceptors (Lipinski definition) is 2. The summed E-state index contributed by atoms with van der Waals surface area (Å²) in [5, 5.41) is 1.47. The molecule has 0 amide bonds. The van der Waals surface area contributed by atoms with Crippen LogP contribution in [0.25, 0.3) is 44.3 Å². The predicted octanol–water partition coefficient (Wildman–Crippen LogP) is 8.52. The fraction of sp³-hybridized carbons (Fsp3) is 0.233. The van der Waals surface area contributed by atoms with Gasteiger partial charge in [-0.15, -0.1) is 0 Å². The van der Waals surface area contributed by atoms with Crippen LogP contribution in [0.5, 0.6) is 0 Å². The normalized spacial score (nSPS) is 17.0. The number of fused-ring (bicyclic) bond motifs is 3. The summed E-state index contributed by atoms with van der Waals surface area (Å²) in [7, 11) is 0. The Kier molecular flexibility index (Phi) is 3.15. The van der Waals surface area contributed by atoms with Crippen molar-refractivity contribution in [2.45, 2.75) is 40.8 Å². The topological polar surface area (TPSA) is 26.0 Å². The lowest BCUT2D eigenvalue weighted by Crippen LogP contribution is -2.10. The van der Waals surface area contributed by atoms with Crippen LogP contribution in [0.3, 0.4) is 0 Å². The third-order valence-corrected chi connectivity index (χ3v) is 5.42. The molecule has 2 heterocycles. The number of pyridine rings is 1. The van der Waals surface area contributed by atoms with E-state index in [0.717, 1.165) is 10.8 Å². The SMILES string of the molecule is [2H]C([2H])([2H])c1cnc(-c2cccc3c2oc2c(-c4ccccc4)c(C([2H])([2H])[2H])ccc23)cc1C([2H])([2H])C(C)(C)C. The summed E-state index contributed by atoms with van der Waals surface area (Å²) in [4.78, 5) is 4.45. The van der Waals surface area contributed by atoms with Crippen molar-refractivity contribution in [1.82, 2.24) is 4.98 Å². The van der Waals surface area contributed by atoms with Gasteiger partial charge in [0.2, 0.25) is 0 Å². The Labute approximate surface area is 201 Å². The molecule has 0 radical (unpaired) electrons. The van der Waals surface area contributed by atoms with Crippen LogP contribution >= 0.6 is 0 Å². The average Bonchev–Trinajstić information content (AvgIpc) is 3.25. The molecule has 0 aliphatic rings. The summed E-state index contributed by atoms with van der Waals surface area (Å²) < 4.78 is 72.7. The number of hydrogen-bond donors (Lipinski definition) is 0. The van der Waals surface area contributed by atoms with Gasteiger partial charge in [0, 0.05) is 39.1 Å². The second kappa shape index (κ2) is 7.63. The van der Waals surface area contributed by atoms with Crippen LogP contribution in [-0.2, 0) is 6.37 Å². The summed E-state index contributed by atoms with van der Waals surface area (Å²) >= 11 is 0. The minimum absolute atomic E-state index is 0.0489. The Balaban J connectivity index is 1.83. The molecule has 32 heavy (non-hydrogen) atoms. The van der Waals surface area contributed by atoms with Gasteiger partial charge in [0.1, 0.15) is 11.2 Å². The van der Waals surface area contributed by atoms with Crippen molar-refractivity contribution < 1.29 is 15.4 Å². The maximum atomic E-state index is 8.87. The lowest BCUT2D eigenvalue weighted by atomic mass is 9.86. The lowest BCUT2D eigenvalue weighted by molar-refractivity contribution is 0.410. The second-order valence-electron chi connectivity index (χ2n) is 9.01. The van der Waals surface area contributed by atoms with E-state index in [1.807, 2.05) is 42.5 Å². The summed E-state index contributed by atoms with van der Waals surface area (Å²) in [6, 6.07) is 19.6. The molecule has 5 aromatic rings. The molecule has 0 fully saturated rings. The van der Waals surface area contributed by atoms with Crippen LogP contribution in [0.15, 0.2) is 77.3 Å². The van der Waals surface area contributed by atoms with E-state index in [9.17, 15) is 0 Å². The van der Waals surface area contributed by atoms with Crippen molar-refractivity contribution in [3.8, 4) is 22.4 Å². The van der Waals surface area contributed by atoms with E-state index in [2.05, 4.69) is 4.98 Å². The van der Waals surface area contributed by atoms with Gasteiger partial charge in [0.05, 0.1) is 5.69 Å². The maximum Gasteiger partial charge on any atom is 0.144 e. The van der Waals surface area contributed by atoms with Crippen molar-refractivity contribution in [2.75, 3.05) is 0 Å². The smallest absolute Gasteiger partial charge is 0.144 e. The molecule has 2 aromatic heterocycles. The first-order valence-electron chi connectivity index (χ1n) is 14.6. The Morgan fingerprint density at radius 1 is 0.875 bits per heavy atom. The highest BCUT2D eigenvalue weighted by molar-refractivity contribution is 6.13. The highest BCUT2D eigenvalue weighted by Crippen LogP contribution is 2.41. The minimum Gasteiger partial charge on any atom is -0.455 e. The molecule has 3 aromatic carbocycles. The minimum atomic E-state index is -2.55. The Hall–Kier alpha value is -3.39. The summed E-state index contributed by atoms with van der Waals surface area (Å²) in [5.41, 5.74) is 2.16. The highest BCUT2D eigenvalue weighted by Gasteiger charge is 2.19. The fourth-order valence-electron chi connectivity index (χ4n) is 4.07. The molecule has 0 saturated heterocycles. The number of aromatic nitrogens is 1. The molecule has 5 rings (SSSR count). The third kappa shape index (κ3) is 3.60. The Morgan fingerprint density at radius 2 is 1.66 bits per heavy atom. The summed E-state index contributed by atoms with van der Waals surface area (Å²) in [6.07, 6.45) is -0.754. The van der Waals surface area contributed by atoms with Crippen molar-refractivity contribution in [1.29, 1.82) is 0 Å². The molecule has 0 atom stereocenters. The maximum absolute atomic E-state index is 8.87. The number of para-hydroxylation sites is 1. The van der Waals surface area contributed by atoms with E-state index in [4.69, 9.17) is 15.4 Å². The van der Waals surface area contributed by atoms with Gasteiger partial charge in [-0.2, -0.15) is 0 Å². The zero-order valence-electron chi connectivity index (χ0n) is 26.3. The van der Waals surface area contributed by atoms with Gasteiger partial charge >= 0.3 is 0 Å². The molecule has 2 nitrogen and oxygen atoms in total. The second-order valence-corrected chi connectivity index (χ2v) is 9.01. The fourth-order valence-corrected chi connectivity index (χ4v) is 4.07. The standard InChI is InChI=1S/C30H29NO/c1-19-14-15-24-23-12-9-13-25(26-16-22(17-30(3,4)5)20(2)18-31-26)28(23)32-29(24)27(19)21-10-7-6-8-11-21/h6-16,18H,17H2,1-5H3/i1D3,2D3,17D2. The van der Waals surface area contributed by atoms with Gasteiger partial charge in [-0.1, -0.05) is 75.4 Å². The molecule has 0 aliphatic heterocycles. The first-order chi connectivity index (χ1) is 18.5. The molecule has 160 valence electrons. The van der Waals surface area contributed by atoms with Crippen LogP contribution in [0.1, 0.15) is 48.4 Å². The Bertz CT molecular complexity index is 1730. The lowest BCUT2D eigenvalue weighted by Gasteiger charge is -2.20. The number of rotatable bonds is 3. The van der Waals surface area contributed by atoms with Crippen LogP contribution < -0.4 is 0 Å². The van der Waals surface area contributed by atoms with Crippen LogP contribution in [0.2, 0.25) is 0 Å². The third-order valence-electron chi connectivity index (χ3n) is 5.42. The van der Waals surface area contributed by atoms with Crippen LogP contribution in [-0.4, -0.2) is 4.98 Å². The van der Waals surface area contributed by atoms with E-state index in [-0.39, 0.29) is 16.7 Å². The van der Waals surface area contributed by atoms with Crippen molar-refractivity contribution in [3.05, 3.63) is 89.6 Å². The molecule has 2 heteroatoms. The molecule has 0 saturated carbocycles. The molecule has 0 unspecified atom stereocenters. The molecule has 0 bridgehead atoms. The number of aryl methyl sites for hydroxylation is 2. The monoisotopic (exact) mass is 427 g/mol. The summed E-state index contributed by atoms with van der Waals surface area (Å²) in [6.45, 7) is 0.250. The first kappa shape index (κ1) is 13.2. The quantitative estimate of drug-likeness (QED) is 0.288. The molecule has 0 spiro atoms. The van der Waals surface area contributed by atoms with Gasteiger partial charge in [0.25, 0.3) is 0 Å². The van der Waals surface area contributed by atoms with E-state index in [1.54, 1.807) is 39.0 Å². The van der Waals surface area contributed by atoms with E-state index in [1.165, 1.54) is 12.3 Å². The molecular weight excluding hydrogens is 390 g/mol. The molecular formula is C30H29NO. The van der Waals surface area contributed by atoms with Gasteiger partial charge in [-0.25, -0.2) is 0 Å². The van der Waals surface area contributed by atoms with Gasteiger partial charge in [-0.3, -0.25) is 4.98 Å².